The Labute approximate surface area is 106 Å². The molecule has 0 aliphatic carbocycles. The molecule has 0 aromatic heterocycles. The number of carboxylic acids is 1. The first-order chi connectivity index (χ1) is 8.79. The highest BCUT2D eigenvalue weighted by molar-refractivity contribution is 5.73. The predicted molar refractivity (Wildman–Crippen MR) is 57.4 cm³/mol. The topological polar surface area (TPSA) is 58.6 Å². The van der Waals surface area contributed by atoms with Gasteiger partial charge in [-0.3, -0.25) is 0 Å². The monoisotopic (exact) mass is 281 g/mol. The van der Waals surface area contributed by atoms with Gasteiger partial charge in [0.05, 0.1) is 0 Å². The van der Waals surface area contributed by atoms with Crippen LogP contribution in [0.3, 0.4) is 0 Å². The molecule has 1 fully saturated rings. The number of nitrogens with one attached hydrogen (secondary N) is 1. The van der Waals surface area contributed by atoms with Crippen molar-refractivity contribution in [3.63, 3.8) is 0 Å². The molecule has 0 amide bonds. The molecule has 0 radical (unpaired) electrons. The molecular formula is C11H11F4NO3. The fraction of sp³-hybridized carbons (Fsp3) is 0.364. The van der Waals surface area contributed by atoms with Gasteiger partial charge in [-0.05, 0) is 12.1 Å². The lowest BCUT2D eigenvalue weighted by molar-refractivity contribution is -0.192. The maximum absolute atomic E-state index is 12.6. The van der Waals surface area contributed by atoms with Crippen LogP contribution in [0, 0.1) is 5.82 Å². The third kappa shape index (κ3) is 5.56. The van der Waals surface area contributed by atoms with Crippen LogP contribution in [-0.2, 0) is 4.79 Å². The molecule has 0 saturated carbocycles. The lowest BCUT2D eigenvalue weighted by Gasteiger charge is -2.27. The number of hydrogen-bond acceptors (Lipinski definition) is 3. The summed E-state index contributed by atoms with van der Waals surface area (Å²) in [4.78, 5) is 8.90. The first-order valence-electron chi connectivity index (χ1n) is 5.22. The van der Waals surface area contributed by atoms with Crippen molar-refractivity contribution in [2.75, 3.05) is 13.1 Å². The average molecular weight is 281 g/mol. The summed E-state index contributed by atoms with van der Waals surface area (Å²) in [6.07, 6.45) is -4.87. The Morgan fingerprint density at radius 1 is 1.37 bits per heavy atom. The van der Waals surface area contributed by atoms with Crippen LogP contribution in [0.15, 0.2) is 24.3 Å². The van der Waals surface area contributed by atoms with Gasteiger partial charge in [-0.25, -0.2) is 9.18 Å². The number of hydrogen-bond donors (Lipinski definition) is 2. The van der Waals surface area contributed by atoms with Gasteiger partial charge in [0.2, 0.25) is 0 Å². The van der Waals surface area contributed by atoms with E-state index in [-0.39, 0.29) is 11.9 Å². The molecule has 1 aliphatic heterocycles. The predicted octanol–water partition coefficient (Wildman–Crippen LogP) is 1.81. The smallest absolute Gasteiger partial charge is 0.488 e. The van der Waals surface area contributed by atoms with E-state index in [4.69, 9.17) is 14.6 Å². The van der Waals surface area contributed by atoms with Crippen LogP contribution in [0.2, 0.25) is 0 Å². The van der Waals surface area contributed by atoms with Gasteiger partial charge < -0.3 is 15.2 Å². The highest BCUT2D eigenvalue weighted by atomic mass is 19.4. The molecule has 4 nitrogen and oxygen atoms in total. The fourth-order valence-electron chi connectivity index (χ4n) is 1.08. The summed E-state index contributed by atoms with van der Waals surface area (Å²) in [7, 11) is 0. The van der Waals surface area contributed by atoms with E-state index < -0.39 is 12.1 Å². The van der Waals surface area contributed by atoms with Crippen LogP contribution in [0.1, 0.15) is 0 Å². The van der Waals surface area contributed by atoms with Crippen molar-refractivity contribution in [3.8, 4) is 5.75 Å². The highest BCUT2D eigenvalue weighted by Crippen LogP contribution is 2.15. The van der Waals surface area contributed by atoms with Crippen molar-refractivity contribution in [1.82, 2.24) is 5.32 Å². The van der Waals surface area contributed by atoms with Crippen molar-refractivity contribution < 1.29 is 32.2 Å². The molecule has 106 valence electrons. The van der Waals surface area contributed by atoms with Crippen molar-refractivity contribution in [3.05, 3.63) is 30.1 Å². The first kappa shape index (κ1) is 15.2. The first-order valence-corrected chi connectivity index (χ1v) is 5.22. The second-order valence-electron chi connectivity index (χ2n) is 3.66. The van der Waals surface area contributed by atoms with Crippen LogP contribution in [-0.4, -0.2) is 36.4 Å². The summed E-state index contributed by atoms with van der Waals surface area (Å²) in [5.74, 6) is -2.39. The zero-order chi connectivity index (χ0) is 14.5. The third-order valence-electron chi connectivity index (χ3n) is 2.09. The van der Waals surface area contributed by atoms with E-state index in [1.807, 2.05) is 0 Å². The normalized spacial score (nSPS) is 14.9. The molecule has 1 aromatic carbocycles. The average Bonchev–Trinajstić information content (AvgIpc) is 2.23. The zero-order valence-electron chi connectivity index (χ0n) is 9.58. The molecule has 2 N–H and O–H groups in total. The second kappa shape index (κ2) is 6.37. The quantitative estimate of drug-likeness (QED) is 0.812. The summed E-state index contributed by atoms with van der Waals surface area (Å²) in [5, 5.41) is 10.2. The Bertz CT molecular complexity index is 432. The molecule has 0 atom stereocenters. The Kier molecular flexibility index (Phi) is 5.11. The minimum Gasteiger partial charge on any atom is -0.488 e. The zero-order valence-corrected chi connectivity index (χ0v) is 9.58. The van der Waals surface area contributed by atoms with E-state index >= 15 is 0 Å². The molecule has 0 spiro atoms. The van der Waals surface area contributed by atoms with Crippen molar-refractivity contribution in [1.29, 1.82) is 0 Å². The molecule has 2 rings (SSSR count). The number of carboxylic acid groups (broad SMARTS) is 1. The minimum absolute atomic E-state index is 0.215. The van der Waals surface area contributed by atoms with Crippen LogP contribution in [0.4, 0.5) is 17.6 Å². The molecule has 1 aromatic rings. The molecule has 1 heterocycles. The van der Waals surface area contributed by atoms with Crippen molar-refractivity contribution >= 4 is 5.97 Å². The summed E-state index contributed by atoms with van der Waals surface area (Å²) < 4.78 is 49.8. The van der Waals surface area contributed by atoms with Gasteiger partial charge in [0.25, 0.3) is 0 Å². The van der Waals surface area contributed by atoms with E-state index in [9.17, 15) is 17.6 Å². The lowest BCUT2D eigenvalue weighted by Crippen LogP contribution is -2.50. The van der Waals surface area contributed by atoms with Gasteiger partial charge in [-0.1, -0.05) is 6.07 Å². The maximum Gasteiger partial charge on any atom is 0.490 e. The largest absolute Gasteiger partial charge is 0.490 e. The number of alkyl halides is 3. The van der Waals surface area contributed by atoms with Crippen LogP contribution in [0.5, 0.6) is 5.75 Å². The van der Waals surface area contributed by atoms with Gasteiger partial charge in [0, 0.05) is 19.2 Å². The van der Waals surface area contributed by atoms with E-state index in [0.29, 0.717) is 5.75 Å². The summed E-state index contributed by atoms with van der Waals surface area (Å²) >= 11 is 0. The molecule has 8 heteroatoms. The maximum atomic E-state index is 12.6. The molecule has 0 bridgehead atoms. The molecule has 1 aliphatic rings. The van der Waals surface area contributed by atoms with Gasteiger partial charge in [0.15, 0.2) is 0 Å². The Morgan fingerprint density at radius 3 is 2.32 bits per heavy atom. The van der Waals surface area contributed by atoms with Gasteiger partial charge in [0.1, 0.15) is 17.7 Å². The second-order valence-corrected chi connectivity index (χ2v) is 3.66. The number of aliphatic carboxylic acids is 1. The van der Waals surface area contributed by atoms with E-state index in [1.165, 1.54) is 12.1 Å². The fourth-order valence-corrected chi connectivity index (χ4v) is 1.08. The Hall–Kier alpha value is -1.83. The summed E-state index contributed by atoms with van der Waals surface area (Å²) in [5.41, 5.74) is 0. The van der Waals surface area contributed by atoms with Gasteiger partial charge in [-0.2, -0.15) is 13.2 Å². The highest BCUT2D eigenvalue weighted by Gasteiger charge is 2.38. The summed E-state index contributed by atoms with van der Waals surface area (Å²) in [6.45, 7) is 1.72. The number of carbonyl (C=O) groups is 1. The molecule has 1 saturated heterocycles. The van der Waals surface area contributed by atoms with E-state index in [1.54, 1.807) is 12.1 Å². The van der Waals surface area contributed by atoms with Crippen molar-refractivity contribution in [2.45, 2.75) is 12.3 Å². The van der Waals surface area contributed by atoms with Crippen molar-refractivity contribution in [2.24, 2.45) is 0 Å². The summed E-state index contributed by atoms with van der Waals surface area (Å²) in [6, 6.07) is 6.22. The third-order valence-corrected chi connectivity index (χ3v) is 2.09. The van der Waals surface area contributed by atoms with E-state index in [0.717, 1.165) is 13.1 Å². The minimum atomic E-state index is -5.08. The Morgan fingerprint density at radius 2 is 1.95 bits per heavy atom. The SMILES string of the molecule is Fc1cccc(OC2CNC2)c1.O=C(O)C(F)(F)F. The standard InChI is InChI=1S/C9H10FNO.C2HF3O2/c10-7-2-1-3-8(4-7)12-9-5-11-6-9;3-2(4,5)1(6)7/h1-4,9,11H,5-6H2;(H,6,7). The molecule has 19 heavy (non-hydrogen) atoms. The molecular weight excluding hydrogens is 270 g/mol. The lowest BCUT2D eigenvalue weighted by atomic mass is 10.2. The van der Waals surface area contributed by atoms with Crippen LogP contribution >= 0.6 is 0 Å². The number of ether oxygens (including phenoxy) is 1. The number of rotatable bonds is 2. The van der Waals surface area contributed by atoms with Gasteiger partial charge in [-0.15, -0.1) is 0 Å². The van der Waals surface area contributed by atoms with Crippen LogP contribution < -0.4 is 10.1 Å². The van der Waals surface area contributed by atoms with Gasteiger partial charge >= 0.3 is 12.1 Å². The number of benzene rings is 1. The Balaban J connectivity index is 0.000000224. The number of halogens is 4. The van der Waals surface area contributed by atoms with Crippen LogP contribution in [0.25, 0.3) is 0 Å². The van der Waals surface area contributed by atoms with E-state index in [2.05, 4.69) is 5.32 Å². The molecule has 0 unspecified atom stereocenters.